The van der Waals surface area contributed by atoms with E-state index in [0.29, 0.717) is 4.83 Å². The maximum absolute atomic E-state index is 3.76. The van der Waals surface area contributed by atoms with E-state index in [4.69, 9.17) is 0 Å². The zero-order valence-electron chi connectivity index (χ0n) is 10.0. The van der Waals surface area contributed by atoms with Gasteiger partial charge in [0.1, 0.15) is 0 Å². The Bertz CT molecular complexity index is 304. The van der Waals surface area contributed by atoms with Gasteiger partial charge in [-0.05, 0) is 43.4 Å². The topological polar surface area (TPSA) is 0 Å². The van der Waals surface area contributed by atoms with Gasteiger partial charge in [0.2, 0.25) is 0 Å². The molecule has 0 spiro atoms. The average Bonchev–Trinajstić information content (AvgIpc) is 2.20. The van der Waals surface area contributed by atoms with E-state index in [1.165, 1.54) is 36.0 Å². The molecule has 1 atom stereocenters. The van der Waals surface area contributed by atoms with E-state index in [-0.39, 0.29) is 0 Å². The third-order valence-corrected chi connectivity index (χ3v) is 3.68. The van der Waals surface area contributed by atoms with Crippen molar-refractivity contribution in [2.45, 2.75) is 51.3 Å². The molecule has 0 bridgehead atoms. The van der Waals surface area contributed by atoms with Crippen molar-refractivity contribution in [1.82, 2.24) is 0 Å². The zero-order chi connectivity index (χ0) is 11.3. The predicted octanol–water partition coefficient (Wildman–Crippen LogP) is 4.80. The van der Waals surface area contributed by atoms with Crippen LogP contribution in [0.1, 0.15) is 42.9 Å². The van der Waals surface area contributed by atoms with E-state index in [0.717, 1.165) is 6.42 Å². The number of unbranched alkanes of at least 4 members (excludes halogenated alkanes) is 1. The third-order valence-electron chi connectivity index (χ3n) is 2.90. The van der Waals surface area contributed by atoms with Gasteiger partial charge in [-0.3, -0.25) is 0 Å². The smallest absolute Gasteiger partial charge is 0.0186 e. The first kappa shape index (κ1) is 12.8. The maximum Gasteiger partial charge on any atom is 0.0186 e. The lowest BCUT2D eigenvalue weighted by atomic mass is 10.0. The minimum absolute atomic E-state index is 0.638. The molecule has 15 heavy (non-hydrogen) atoms. The highest BCUT2D eigenvalue weighted by atomic mass is 79.9. The normalized spacial score (nSPS) is 12.8. The number of hydrogen-bond acceptors (Lipinski definition) is 0. The molecule has 0 aliphatic carbocycles. The quantitative estimate of drug-likeness (QED) is 0.673. The van der Waals surface area contributed by atoms with Gasteiger partial charge in [0.05, 0.1) is 0 Å². The predicted molar refractivity (Wildman–Crippen MR) is 71.9 cm³/mol. The highest BCUT2D eigenvalue weighted by Crippen LogP contribution is 2.18. The largest absolute Gasteiger partial charge is 0.0887 e. The monoisotopic (exact) mass is 268 g/mol. The molecule has 0 amide bonds. The second-order valence-corrected chi connectivity index (χ2v) is 5.66. The van der Waals surface area contributed by atoms with Crippen LogP contribution in [-0.4, -0.2) is 4.83 Å². The van der Waals surface area contributed by atoms with Gasteiger partial charge in [0.15, 0.2) is 0 Å². The first-order chi connectivity index (χ1) is 7.13. The molecule has 0 radical (unpaired) electrons. The molecular weight excluding hydrogens is 248 g/mol. The second kappa shape index (κ2) is 6.32. The van der Waals surface area contributed by atoms with Crippen molar-refractivity contribution in [2.75, 3.05) is 0 Å². The van der Waals surface area contributed by atoms with Crippen molar-refractivity contribution < 1.29 is 0 Å². The van der Waals surface area contributed by atoms with Crippen LogP contribution in [0.2, 0.25) is 0 Å². The van der Waals surface area contributed by atoms with Gasteiger partial charge in [0, 0.05) is 4.83 Å². The van der Waals surface area contributed by atoms with Gasteiger partial charge in [-0.15, -0.1) is 0 Å². The van der Waals surface area contributed by atoms with Crippen LogP contribution in [0.25, 0.3) is 0 Å². The fourth-order valence-corrected chi connectivity index (χ4v) is 2.41. The lowest BCUT2D eigenvalue weighted by molar-refractivity contribution is 0.687. The van der Waals surface area contributed by atoms with Crippen molar-refractivity contribution in [3.8, 4) is 0 Å². The molecule has 0 saturated carbocycles. The molecule has 1 aromatic carbocycles. The van der Waals surface area contributed by atoms with E-state index in [1.54, 1.807) is 0 Å². The molecule has 1 heteroatoms. The van der Waals surface area contributed by atoms with E-state index in [2.05, 4.69) is 54.9 Å². The third kappa shape index (κ3) is 4.38. The van der Waals surface area contributed by atoms with E-state index >= 15 is 0 Å². The second-order valence-electron chi connectivity index (χ2n) is 4.36. The van der Waals surface area contributed by atoms with Crippen LogP contribution in [0.3, 0.4) is 0 Å². The molecule has 0 aromatic heterocycles. The Labute approximate surface area is 102 Å². The van der Waals surface area contributed by atoms with Gasteiger partial charge in [0.25, 0.3) is 0 Å². The molecule has 84 valence electrons. The SMILES string of the molecule is CCCCC(Br)Cc1ccc(C)c(C)c1. The van der Waals surface area contributed by atoms with Crippen molar-refractivity contribution in [2.24, 2.45) is 0 Å². The Balaban J connectivity index is 2.53. The zero-order valence-corrected chi connectivity index (χ0v) is 11.6. The average molecular weight is 269 g/mol. The first-order valence-electron chi connectivity index (χ1n) is 5.83. The van der Waals surface area contributed by atoms with Gasteiger partial charge in [-0.1, -0.05) is 53.9 Å². The fraction of sp³-hybridized carbons (Fsp3) is 0.571. The number of halogens is 1. The molecule has 1 unspecified atom stereocenters. The van der Waals surface area contributed by atoms with Crippen LogP contribution >= 0.6 is 15.9 Å². The maximum atomic E-state index is 3.76. The Morgan fingerprint density at radius 3 is 2.53 bits per heavy atom. The molecule has 0 aliphatic rings. The highest BCUT2D eigenvalue weighted by molar-refractivity contribution is 9.09. The van der Waals surface area contributed by atoms with E-state index in [9.17, 15) is 0 Å². The van der Waals surface area contributed by atoms with Crippen LogP contribution in [0.4, 0.5) is 0 Å². The van der Waals surface area contributed by atoms with Crippen molar-refractivity contribution in [1.29, 1.82) is 0 Å². The Morgan fingerprint density at radius 1 is 1.20 bits per heavy atom. The lowest BCUT2D eigenvalue weighted by Crippen LogP contribution is -2.02. The van der Waals surface area contributed by atoms with Gasteiger partial charge in [-0.2, -0.15) is 0 Å². The lowest BCUT2D eigenvalue weighted by Gasteiger charge is -2.10. The summed E-state index contributed by atoms with van der Waals surface area (Å²) >= 11 is 3.76. The molecular formula is C14H21Br. The Hall–Kier alpha value is -0.300. The molecule has 0 saturated heterocycles. The summed E-state index contributed by atoms with van der Waals surface area (Å²) < 4.78 is 0. The summed E-state index contributed by atoms with van der Waals surface area (Å²) in [5.74, 6) is 0. The first-order valence-corrected chi connectivity index (χ1v) is 6.75. The Kier molecular flexibility index (Phi) is 5.38. The van der Waals surface area contributed by atoms with Crippen LogP contribution in [0.5, 0.6) is 0 Å². The van der Waals surface area contributed by atoms with Gasteiger partial charge < -0.3 is 0 Å². The van der Waals surface area contributed by atoms with Crippen molar-refractivity contribution in [3.05, 3.63) is 34.9 Å². The minimum Gasteiger partial charge on any atom is -0.0887 e. The van der Waals surface area contributed by atoms with Crippen LogP contribution < -0.4 is 0 Å². The molecule has 0 aliphatic heterocycles. The summed E-state index contributed by atoms with van der Waals surface area (Å²) in [6.45, 7) is 6.60. The summed E-state index contributed by atoms with van der Waals surface area (Å²) in [7, 11) is 0. The van der Waals surface area contributed by atoms with Gasteiger partial charge >= 0.3 is 0 Å². The number of alkyl halides is 1. The summed E-state index contributed by atoms with van der Waals surface area (Å²) in [5, 5.41) is 0. The molecule has 0 heterocycles. The Morgan fingerprint density at radius 2 is 1.93 bits per heavy atom. The summed E-state index contributed by atoms with van der Waals surface area (Å²) in [5.41, 5.74) is 4.25. The summed E-state index contributed by atoms with van der Waals surface area (Å²) in [6.07, 6.45) is 5.04. The molecule has 1 rings (SSSR count). The van der Waals surface area contributed by atoms with Crippen molar-refractivity contribution >= 4 is 15.9 Å². The number of rotatable bonds is 5. The minimum atomic E-state index is 0.638. The summed E-state index contributed by atoms with van der Waals surface area (Å²) in [6, 6.07) is 6.79. The molecule has 1 aromatic rings. The summed E-state index contributed by atoms with van der Waals surface area (Å²) in [4.78, 5) is 0.638. The van der Waals surface area contributed by atoms with E-state index in [1.807, 2.05) is 0 Å². The standard InChI is InChI=1S/C14H21Br/c1-4-5-6-14(15)10-13-8-7-11(2)12(3)9-13/h7-9,14H,4-6,10H2,1-3H3. The van der Waals surface area contributed by atoms with Crippen LogP contribution in [0, 0.1) is 13.8 Å². The fourth-order valence-electron chi connectivity index (χ4n) is 1.71. The highest BCUT2D eigenvalue weighted by Gasteiger charge is 2.05. The molecule has 0 N–H and O–H groups in total. The van der Waals surface area contributed by atoms with Crippen LogP contribution in [-0.2, 0) is 6.42 Å². The van der Waals surface area contributed by atoms with E-state index < -0.39 is 0 Å². The van der Waals surface area contributed by atoms with Gasteiger partial charge in [-0.25, -0.2) is 0 Å². The molecule has 0 fully saturated rings. The number of aryl methyl sites for hydroxylation is 2. The number of benzene rings is 1. The molecule has 0 nitrogen and oxygen atoms in total. The van der Waals surface area contributed by atoms with Crippen LogP contribution in [0.15, 0.2) is 18.2 Å². The van der Waals surface area contributed by atoms with Crippen molar-refractivity contribution in [3.63, 3.8) is 0 Å². The number of hydrogen-bond donors (Lipinski definition) is 0.